The third-order valence-corrected chi connectivity index (χ3v) is 5.80. The van der Waals surface area contributed by atoms with Crippen molar-refractivity contribution in [2.75, 3.05) is 18.5 Å². The minimum Gasteiger partial charge on any atom is -0.492 e. The summed E-state index contributed by atoms with van der Waals surface area (Å²) < 4.78 is 5.70. The van der Waals surface area contributed by atoms with E-state index in [1.54, 1.807) is 29.5 Å². The van der Waals surface area contributed by atoms with E-state index in [9.17, 15) is 15.2 Å². The lowest BCUT2D eigenvalue weighted by Crippen LogP contribution is -2.25. The Labute approximate surface area is 163 Å². The maximum atomic E-state index is 12.7. The number of hydrogen-bond acceptors (Lipinski definition) is 5. The number of aliphatic hydroxyl groups is 1. The molecule has 3 rings (SSSR count). The predicted octanol–water partition coefficient (Wildman–Crippen LogP) is 4.15. The Morgan fingerprint density at radius 1 is 1.37 bits per heavy atom. The van der Waals surface area contributed by atoms with Gasteiger partial charge in [0, 0.05) is 21.4 Å². The minimum atomic E-state index is -0.391. The van der Waals surface area contributed by atoms with Gasteiger partial charge in [0.25, 0.3) is 5.91 Å². The van der Waals surface area contributed by atoms with Crippen molar-refractivity contribution in [3.8, 4) is 11.8 Å². The predicted molar refractivity (Wildman–Crippen MR) is 106 cm³/mol. The molecule has 1 aromatic heterocycles. The molecule has 1 amide bonds. The molecule has 142 valence electrons. The van der Waals surface area contributed by atoms with Crippen LogP contribution in [-0.2, 0) is 12.8 Å². The first-order valence-electron chi connectivity index (χ1n) is 9.12. The summed E-state index contributed by atoms with van der Waals surface area (Å²) >= 11 is 1.66. The number of hydrogen-bond donors (Lipinski definition) is 2. The fraction of sp³-hybridized carbons (Fsp3) is 0.429. The molecule has 2 aromatic rings. The molecule has 0 fully saturated rings. The number of thiophene rings is 1. The average molecular weight is 385 g/mol. The van der Waals surface area contributed by atoms with Gasteiger partial charge in [0.05, 0.1) is 24.3 Å². The highest BCUT2D eigenvalue weighted by molar-refractivity contribution is 7.10. The summed E-state index contributed by atoms with van der Waals surface area (Å²) in [6.07, 6.45) is 4.33. The topological polar surface area (TPSA) is 82.3 Å². The van der Waals surface area contributed by atoms with Gasteiger partial charge in [-0.25, -0.2) is 0 Å². The molecule has 0 saturated heterocycles. The fourth-order valence-corrected chi connectivity index (χ4v) is 4.15. The van der Waals surface area contributed by atoms with E-state index in [0.29, 0.717) is 23.6 Å². The second-order valence-electron chi connectivity index (χ2n) is 7.65. The summed E-state index contributed by atoms with van der Waals surface area (Å²) in [5.41, 5.74) is 2.46. The van der Waals surface area contributed by atoms with Crippen LogP contribution in [0.2, 0.25) is 0 Å². The molecule has 1 aliphatic carbocycles. The number of fused-ring (bicyclic) bond motifs is 1. The molecule has 5 nitrogen and oxygen atoms in total. The van der Waals surface area contributed by atoms with E-state index in [4.69, 9.17) is 4.74 Å². The molecule has 1 heterocycles. The Kier molecular flexibility index (Phi) is 5.83. The number of aryl methyl sites for hydroxylation is 1. The normalized spacial score (nSPS) is 13.6. The number of carbonyl (C=O) groups is 1. The minimum absolute atomic E-state index is 0.00596. The number of carbonyl (C=O) groups excluding carboxylic acids is 1. The van der Waals surface area contributed by atoms with Crippen molar-refractivity contribution < 1.29 is 14.6 Å². The molecule has 27 heavy (non-hydrogen) atoms. The number of amides is 1. The third-order valence-electron chi connectivity index (χ3n) is 4.71. The second kappa shape index (κ2) is 8.12. The summed E-state index contributed by atoms with van der Waals surface area (Å²) in [4.78, 5) is 14.0. The van der Waals surface area contributed by atoms with Crippen molar-refractivity contribution >= 4 is 22.9 Å². The van der Waals surface area contributed by atoms with Gasteiger partial charge in [0.1, 0.15) is 11.8 Å². The zero-order valence-electron chi connectivity index (χ0n) is 15.7. The number of anilines is 1. The van der Waals surface area contributed by atoms with Gasteiger partial charge in [-0.2, -0.15) is 5.26 Å². The molecule has 1 aromatic carbocycles. The number of nitrogens with one attached hydrogen (secondary N) is 1. The van der Waals surface area contributed by atoms with Crippen LogP contribution in [0, 0.1) is 16.7 Å². The SMILES string of the molecule is CC(C)(CO)COc1ccc(NC(=O)c2csc3c2CCCC3)cc1C#N. The van der Waals surface area contributed by atoms with Gasteiger partial charge in [0.15, 0.2) is 0 Å². The monoisotopic (exact) mass is 384 g/mol. The van der Waals surface area contributed by atoms with Crippen LogP contribution < -0.4 is 10.1 Å². The molecule has 1 aliphatic rings. The lowest BCUT2D eigenvalue weighted by molar-refractivity contribution is 0.0974. The number of nitriles is 1. The molecule has 0 spiro atoms. The molecule has 0 radical (unpaired) electrons. The van der Waals surface area contributed by atoms with Crippen molar-refractivity contribution in [2.24, 2.45) is 5.41 Å². The Morgan fingerprint density at radius 3 is 2.89 bits per heavy atom. The first-order valence-corrected chi connectivity index (χ1v) is 10.00. The number of nitrogens with zero attached hydrogens (tertiary/aromatic N) is 1. The molecular weight excluding hydrogens is 360 g/mol. The lowest BCUT2D eigenvalue weighted by atomic mass is 9.95. The summed E-state index contributed by atoms with van der Waals surface area (Å²) in [5.74, 6) is 0.318. The molecule has 6 heteroatoms. The van der Waals surface area contributed by atoms with E-state index in [1.165, 1.54) is 16.9 Å². The molecule has 0 aliphatic heterocycles. The van der Waals surface area contributed by atoms with Crippen LogP contribution in [-0.4, -0.2) is 24.2 Å². The number of ether oxygens (including phenoxy) is 1. The van der Waals surface area contributed by atoms with E-state index in [2.05, 4.69) is 11.4 Å². The number of benzene rings is 1. The third kappa shape index (κ3) is 4.49. The van der Waals surface area contributed by atoms with Crippen molar-refractivity contribution in [1.29, 1.82) is 5.26 Å². The van der Waals surface area contributed by atoms with Crippen LogP contribution in [0.25, 0.3) is 0 Å². The lowest BCUT2D eigenvalue weighted by Gasteiger charge is -2.22. The maximum absolute atomic E-state index is 12.7. The molecule has 0 bridgehead atoms. The Bertz CT molecular complexity index is 880. The highest BCUT2D eigenvalue weighted by Gasteiger charge is 2.21. The van der Waals surface area contributed by atoms with Crippen LogP contribution in [0.15, 0.2) is 23.6 Å². The van der Waals surface area contributed by atoms with Crippen LogP contribution >= 0.6 is 11.3 Å². The largest absolute Gasteiger partial charge is 0.492 e. The van der Waals surface area contributed by atoms with Gasteiger partial charge in [-0.15, -0.1) is 11.3 Å². The van der Waals surface area contributed by atoms with E-state index in [0.717, 1.165) is 24.8 Å². The van der Waals surface area contributed by atoms with Crippen molar-refractivity contribution in [2.45, 2.75) is 39.5 Å². The van der Waals surface area contributed by atoms with E-state index >= 15 is 0 Å². The van der Waals surface area contributed by atoms with Crippen LogP contribution in [0.4, 0.5) is 5.69 Å². The van der Waals surface area contributed by atoms with Crippen LogP contribution in [0.5, 0.6) is 5.75 Å². The van der Waals surface area contributed by atoms with Gasteiger partial charge in [-0.3, -0.25) is 4.79 Å². The smallest absolute Gasteiger partial charge is 0.256 e. The summed E-state index contributed by atoms with van der Waals surface area (Å²) in [6.45, 7) is 4.06. The van der Waals surface area contributed by atoms with E-state index in [1.807, 2.05) is 19.2 Å². The highest BCUT2D eigenvalue weighted by Crippen LogP contribution is 2.31. The van der Waals surface area contributed by atoms with Gasteiger partial charge in [-0.1, -0.05) is 13.8 Å². The summed E-state index contributed by atoms with van der Waals surface area (Å²) in [7, 11) is 0. The van der Waals surface area contributed by atoms with Crippen LogP contribution in [0.3, 0.4) is 0 Å². The van der Waals surface area contributed by atoms with Gasteiger partial charge >= 0.3 is 0 Å². The standard InChI is InChI=1S/C21H24N2O3S/c1-21(2,12-24)13-26-18-8-7-15(9-14(18)10-22)23-20(25)17-11-27-19-6-4-3-5-16(17)19/h7-9,11,24H,3-6,12-13H2,1-2H3,(H,23,25). The Morgan fingerprint density at radius 2 is 2.15 bits per heavy atom. The molecular formula is C21H24N2O3S. The Balaban J connectivity index is 1.73. The first kappa shape index (κ1) is 19.4. The summed E-state index contributed by atoms with van der Waals surface area (Å²) in [5, 5.41) is 23.6. The van der Waals surface area contributed by atoms with E-state index in [-0.39, 0.29) is 12.5 Å². The van der Waals surface area contributed by atoms with Gasteiger partial charge in [0.2, 0.25) is 0 Å². The molecule has 0 atom stereocenters. The average Bonchev–Trinajstić information content (AvgIpc) is 3.11. The van der Waals surface area contributed by atoms with Gasteiger partial charge < -0.3 is 15.2 Å². The quantitative estimate of drug-likeness (QED) is 0.784. The van der Waals surface area contributed by atoms with Crippen LogP contribution in [0.1, 0.15) is 53.1 Å². The zero-order chi connectivity index (χ0) is 19.4. The summed E-state index contributed by atoms with van der Waals surface area (Å²) in [6, 6.07) is 7.15. The Hall–Kier alpha value is -2.36. The van der Waals surface area contributed by atoms with E-state index < -0.39 is 5.41 Å². The van der Waals surface area contributed by atoms with Crippen molar-refractivity contribution in [3.05, 3.63) is 45.1 Å². The van der Waals surface area contributed by atoms with Crippen molar-refractivity contribution in [1.82, 2.24) is 0 Å². The second-order valence-corrected chi connectivity index (χ2v) is 8.61. The highest BCUT2D eigenvalue weighted by atomic mass is 32.1. The van der Waals surface area contributed by atoms with Crippen molar-refractivity contribution in [3.63, 3.8) is 0 Å². The molecule has 2 N–H and O–H groups in total. The fourth-order valence-electron chi connectivity index (χ4n) is 3.02. The first-order chi connectivity index (χ1) is 12.9. The molecule has 0 saturated carbocycles. The number of aliphatic hydroxyl groups excluding tert-OH is 1. The maximum Gasteiger partial charge on any atom is 0.256 e. The molecule has 0 unspecified atom stereocenters. The zero-order valence-corrected chi connectivity index (χ0v) is 16.5. The number of rotatable bonds is 6. The van der Waals surface area contributed by atoms with Gasteiger partial charge in [-0.05, 0) is 49.4 Å².